The zero-order valence-electron chi connectivity index (χ0n) is 20.6. The van der Waals surface area contributed by atoms with Crippen LogP contribution in [-0.2, 0) is 20.5 Å². The summed E-state index contributed by atoms with van der Waals surface area (Å²) in [6.45, 7) is 4.67. The predicted octanol–water partition coefficient (Wildman–Crippen LogP) is 5.08. The Balaban J connectivity index is 1.59. The van der Waals surface area contributed by atoms with Gasteiger partial charge in [-0.15, -0.1) is 0 Å². The Morgan fingerprint density at radius 1 is 0.946 bits per heavy atom. The van der Waals surface area contributed by atoms with Crippen LogP contribution in [0.3, 0.4) is 0 Å². The molecule has 3 aromatic carbocycles. The molecule has 0 bridgehead atoms. The fourth-order valence-corrected chi connectivity index (χ4v) is 7.95. The minimum absolute atomic E-state index is 0.0989. The summed E-state index contributed by atoms with van der Waals surface area (Å²) in [7, 11) is 0. The van der Waals surface area contributed by atoms with Gasteiger partial charge in [0, 0.05) is 33.0 Å². The number of para-hydroxylation sites is 1. The predicted molar refractivity (Wildman–Crippen MR) is 145 cm³/mol. The average molecular weight is 556 g/mol. The van der Waals surface area contributed by atoms with E-state index >= 15 is 0 Å². The summed E-state index contributed by atoms with van der Waals surface area (Å²) in [4.78, 5) is 45.7. The Morgan fingerprint density at radius 3 is 2.49 bits per heavy atom. The summed E-state index contributed by atoms with van der Waals surface area (Å²) in [6.07, 6.45) is 1.61. The second kappa shape index (κ2) is 7.62. The minimum Gasteiger partial charge on any atom is -0.325 e. The van der Waals surface area contributed by atoms with Gasteiger partial charge in [0.05, 0.1) is 5.92 Å². The number of anilines is 2. The van der Waals surface area contributed by atoms with Gasteiger partial charge in [-0.1, -0.05) is 58.4 Å². The van der Waals surface area contributed by atoms with Gasteiger partial charge in [-0.25, -0.2) is 0 Å². The van der Waals surface area contributed by atoms with Crippen LogP contribution in [0, 0.1) is 19.8 Å². The van der Waals surface area contributed by atoms with Crippen molar-refractivity contribution in [3.63, 3.8) is 0 Å². The summed E-state index contributed by atoms with van der Waals surface area (Å²) in [5, 5.41) is 6.27. The summed E-state index contributed by atoms with van der Waals surface area (Å²) < 4.78 is 0.878. The van der Waals surface area contributed by atoms with Crippen LogP contribution >= 0.6 is 15.9 Å². The van der Waals surface area contributed by atoms with E-state index in [4.69, 9.17) is 0 Å². The first kappa shape index (κ1) is 22.9. The van der Waals surface area contributed by atoms with Gasteiger partial charge < -0.3 is 10.6 Å². The molecule has 4 aliphatic rings. The number of nitrogens with zero attached hydrogens (tertiary/aromatic N) is 1. The molecule has 4 atom stereocenters. The van der Waals surface area contributed by atoms with Gasteiger partial charge in [-0.2, -0.15) is 0 Å². The van der Waals surface area contributed by atoms with E-state index in [0.29, 0.717) is 17.8 Å². The molecule has 6 nitrogen and oxygen atoms in total. The number of hydrogen-bond donors (Lipinski definition) is 2. The monoisotopic (exact) mass is 555 g/mol. The van der Waals surface area contributed by atoms with Crippen molar-refractivity contribution in [1.29, 1.82) is 0 Å². The summed E-state index contributed by atoms with van der Waals surface area (Å²) in [6, 6.07) is 18.7. The molecule has 0 aliphatic carbocycles. The molecule has 2 amide bonds. The third-order valence-electron chi connectivity index (χ3n) is 9.21. The zero-order valence-corrected chi connectivity index (χ0v) is 22.2. The lowest BCUT2D eigenvalue weighted by Crippen LogP contribution is -2.62. The van der Waals surface area contributed by atoms with E-state index in [2.05, 4.69) is 31.5 Å². The highest BCUT2D eigenvalue weighted by Gasteiger charge is 2.81. The molecule has 186 valence electrons. The molecule has 0 aromatic heterocycles. The first-order valence-corrected chi connectivity index (χ1v) is 13.5. The summed E-state index contributed by atoms with van der Waals surface area (Å²) >= 11 is 3.46. The molecule has 3 aromatic rings. The largest absolute Gasteiger partial charge is 0.325 e. The van der Waals surface area contributed by atoms with Gasteiger partial charge >= 0.3 is 0 Å². The van der Waals surface area contributed by atoms with Gasteiger partial charge in [0.25, 0.3) is 5.91 Å². The van der Waals surface area contributed by atoms with Gasteiger partial charge in [0.1, 0.15) is 11.0 Å². The number of nitrogens with one attached hydrogen (secondary N) is 2. The number of halogens is 1. The maximum Gasteiger partial charge on any atom is 0.251 e. The van der Waals surface area contributed by atoms with Crippen molar-refractivity contribution in [3.8, 4) is 0 Å². The number of amides is 2. The topological polar surface area (TPSA) is 78.5 Å². The molecule has 0 saturated carbocycles. The maximum absolute atomic E-state index is 14.5. The van der Waals surface area contributed by atoms with Crippen LogP contribution in [0.25, 0.3) is 0 Å². The Morgan fingerprint density at radius 2 is 1.70 bits per heavy atom. The second-order valence-electron chi connectivity index (χ2n) is 10.7. The van der Waals surface area contributed by atoms with Crippen molar-refractivity contribution in [2.24, 2.45) is 5.92 Å². The van der Waals surface area contributed by atoms with Crippen LogP contribution in [0.15, 0.2) is 65.1 Å². The minimum atomic E-state index is -1.41. The molecule has 4 heterocycles. The van der Waals surface area contributed by atoms with Crippen LogP contribution in [0.4, 0.5) is 11.4 Å². The molecule has 0 unspecified atom stereocenters. The number of fused-ring (bicyclic) bond motifs is 7. The molecule has 2 fully saturated rings. The number of ketones is 1. The highest BCUT2D eigenvalue weighted by molar-refractivity contribution is 9.10. The summed E-state index contributed by atoms with van der Waals surface area (Å²) in [5.41, 5.74) is 2.84. The molecular formula is C30H26BrN3O3. The van der Waals surface area contributed by atoms with Crippen LogP contribution in [0.5, 0.6) is 0 Å². The number of benzene rings is 3. The number of carbonyl (C=O) groups is 3. The average Bonchev–Trinajstić information content (AvgIpc) is 3.61. The smallest absolute Gasteiger partial charge is 0.251 e. The number of carbonyl (C=O) groups excluding carboxylic acids is 3. The van der Waals surface area contributed by atoms with Crippen molar-refractivity contribution in [2.75, 3.05) is 17.2 Å². The zero-order chi connectivity index (χ0) is 25.7. The fourth-order valence-electron chi connectivity index (χ4n) is 7.69. The van der Waals surface area contributed by atoms with E-state index in [0.717, 1.165) is 45.3 Å². The number of aryl methyl sites for hydroxylation is 1. The highest BCUT2D eigenvalue weighted by atomic mass is 79.9. The Bertz CT molecular complexity index is 1530. The lowest BCUT2D eigenvalue weighted by atomic mass is 9.57. The highest BCUT2D eigenvalue weighted by Crippen LogP contribution is 2.68. The molecule has 7 heteroatoms. The van der Waals surface area contributed by atoms with Gasteiger partial charge in [0.15, 0.2) is 5.78 Å². The van der Waals surface area contributed by atoms with Crippen molar-refractivity contribution in [3.05, 3.63) is 93.0 Å². The van der Waals surface area contributed by atoms with Crippen molar-refractivity contribution in [2.45, 2.75) is 43.7 Å². The van der Waals surface area contributed by atoms with Crippen molar-refractivity contribution in [1.82, 2.24) is 4.90 Å². The first-order chi connectivity index (χ1) is 17.8. The molecule has 7 rings (SSSR count). The fraction of sp³-hybridized carbons (Fsp3) is 0.300. The second-order valence-corrected chi connectivity index (χ2v) is 11.6. The number of hydrogen-bond acceptors (Lipinski definition) is 4. The Kier molecular flexibility index (Phi) is 4.71. The van der Waals surface area contributed by atoms with E-state index in [9.17, 15) is 14.4 Å². The standard InChI is InChI=1S/C30H26BrN3O3/c1-16-9-14-21-25(17(16)2)33-28(37)30(21)29(20-6-3-4-7-22(20)32-27(29)36)24(23-8-5-15-34(23)30)26(35)18-10-12-19(31)13-11-18/h3-4,6-7,9-14,23-24H,5,8,15H2,1-2H3,(H,32,36)(H,33,37)/t23-,24-,29+,30+/m1/s1. The quantitative estimate of drug-likeness (QED) is 0.432. The first-order valence-electron chi connectivity index (χ1n) is 12.7. The molecular weight excluding hydrogens is 530 g/mol. The molecule has 4 aliphatic heterocycles. The number of rotatable bonds is 2. The molecule has 2 N–H and O–H groups in total. The molecule has 0 radical (unpaired) electrons. The maximum atomic E-state index is 14.5. The van der Waals surface area contributed by atoms with Gasteiger partial charge in [-0.3, -0.25) is 19.3 Å². The van der Waals surface area contributed by atoms with E-state index in [1.54, 1.807) is 12.1 Å². The van der Waals surface area contributed by atoms with Gasteiger partial charge in [-0.05, 0) is 68.1 Å². The van der Waals surface area contributed by atoms with Gasteiger partial charge in [0.2, 0.25) is 5.91 Å². The SMILES string of the molecule is Cc1ccc2c(c1C)NC(=O)[C@@]21N2CCC[C@@H]2[C@H](C(=O)c2ccc(Br)cc2)[C@@]12C(=O)Nc1ccccc12. The third kappa shape index (κ3) is 2.56. The van der Waals surface area contributed by atoms with E-state index in [-0.39, 0.29) is 23.6 Å². The lowest BCUT2D eigenvalue weighted by molar-refractivity contribution is -0.137. The lowest BCUT2D eigenvalue weighted by Gasteiger charge is -2.43. The summed E-state index contributed by atoms with van der Waals surface area (Å²) in [5.74, 6) is -1.32. The molecule has 2 saturated heterocycles. The Hall–Kier alpha value is -3.29. The molecule has 37 heavy (non-hydrogen) atoms. The Labute approximate surface area is 223 Å². The van der Waals surface area contributed by atoms with Crippen LogP contribution in [-0.4, -0.2) is 35.1 Å². The van der Waals surface area contributed by atoms with Crippen LogP contribution < -0.4 is 10.6 Å². The van der Waals surface area contributed by atoms with Crippen LogP contribution in [0.2, 0.25) is 0 Å². The number of Topliss-reactive ketones (excluding diaryl/α,β-unsaturated/α-hetero) is 1. The van der Waals surface area contributed by atoms with E-state index in [1.807, 2.05) is 62.4 Å². The molecule has 2 spiro atoms. The van der Waals surface area contributed by atoms with Crippen molar-refractivity contribution >= 4 is 44.9 Å². The third-order valence-corrected chi connectivity index (χ3v) is 9.74. The van der Waals surface area contributed by atoms with E-state index in [1.165, 1.54) is 0 Å². The van der Waals surface area contributed by atoms with Crippen molar-refractivity contribution < 1.29 is 14.4 Å². The van der Waals surface area contributed by atoms with Crippen LogP contribution in [0.1, 0.15) is 45.5 Å². The normalized spacial score (nSPS) is 29.4. The van der Waals surface area contributed by atoms with E-state index < -0.39 is 16.9 Å².